The second-order valence-corrected chi connectivity index (χ2v) is 6.29. The Kier molecular flexibility index (Phi) is 4.29. The number of aromatic nitrogens is 5. The molecule has 0 atom stereocenters. The lowest BCUT2D eigenvalue weighted by Gasteiger charge is -2.38. The van der Waals surface area contributed by atoms with Crippen molar-refractivity contribution in [1.29, 1.82) is 0 Å². The van der Waals surface area contributed by atoms with Crippen molar-refractivity contribution in [3.63, 3.8) is 0 Å². The lowest BCUT2D eigenvalue weighted by Crippen LogP contribution is -2.48. The minimum absolute atomic E-state index is 0.0714. The first-order valence-corrected chi connectivity index (χ1v) is 8.17. The van der Waals surface area contributed by atoms with Crippen LogP contribution >= 0.6 is 0 Å². The molecule has 0 saturated heterocycles. The molecule has 24 heavy (non-hydrogen) atoms. The predicted molar refractivity (Wildman–Crippen MR) is 84.1 cm³/mol. The van der Waals surface area contributed by atoms with E-state index in [9.17, 15) is 5.11 Å². The first kappa shape index (κ1) is 16.8. The fourth-order valence-corrected chi connectivity index (χ4v) is 3.20. The summed E-state index contributed by atoms with van der Waals surface area (Å²) in [5.41, 5.74) is -1.43. The summed E-state index contributed by atoms with van der Waals surface area (Å²) >= 11 is 0. The van der Waals surface area contributed by atoms with Gasteiger partial charge < -0.3 is 10.4 Å². The lowest BCUT2D eigenvalue weighted by molar-refractivity contribution is -0.208. The van der Waals surface area contributed by atoms with E-state index in [-0.39, 0.29) is 25.3 Å². The largest absolute Gasteiger partial charge is 0.383 e. The van der Waals surface area contributed by atoms with Gasteiger partial charge in [-0.2, -0.15) is 13.9 Å². The number of rotatable bonds is 5. The molecule has 1 fully saturated rings. The van der Waals surface area contributed by atoms with Crippen molar-refractivity contribution in [1.82, 2.24) is 24.5 Å². The molecule has 0 amide bonds. The van der Waals surface area contributed by atoms with E-state index >= 15 is 8.78 Å². The van der Waals surface area contributed by atoms with Crippen LogP contribution < -0.4 is 5.32 Å². The quantitative estimate of drug-likeness (QED) is 0.874. The predicted octanol–water partition coefficient (Wildman–Crippen LogP) is 2.56. The van der Waals surface area contributed by atoms with E-state index < -0.39 is 17.3 Å². The van der Waals surface area contributed by atoms with Gasteiger partial charge in [-0.05, 0) is 19.8 Å². The summed E-state index contributed by atoms with van der Waals surface area (Å²) in [4.78, 5) is 0. The van der Waals surface area contributed by atoms with Gasteiger partial charge in [0.25, 0.3) is 0 Å². The number of nitrogens with zero attached hydrogens (tertiary/aromatic N) is 5. The van der Waals surface area contributed by atoms with Crippen LogP contribution in [0.1, 0.15) is 44.9 Å². The van der Waals surface area contributed by atoms with Crippen molar-refractivity contribution < 1.29 is 13.9 Å². The van der Waals surface area contributed by atoms with Crippen molar-refractivity contribution in [2.75, 3.05) is 5.32 Å². The van der Waals surface area contributed by atoms with E-state index in [1.165, 1.54) is 4.57 Å². The van der Waals surface area contributed by atoms with E-state index in [0.29, 0.717) is 18.5 Å². The van der Waals surface area contributed by atoms with Crippen LogP contribution in [-0.2, 0) is 19.5 Å². The molecule has 9 heteroatoms. The van der Waals surface area contributed by atoms with Gasteiger partial charge in [0.2, 0.25) is 11.8 Å². The van der Waals surface area contributed by atoms with Crippen LogP contribution in [0.15, 0.2) is 12.4 Å². The monoisotopic (exact) mass is 340 g/mol. The molecule has 1 saturated carbocycles. The summed E-state index contributed by atoms with van der Waals surface area (Å²) in [6, 6.07) is 0. The SMILES string of the molecule is CCn1c(Nc2cnn(C)c2)nnc1C(F)(F)C1(O)CCCCC1. The highest BCUT2D eigenvalue weighted by molar-refractivity contribution is 5.50. The number of hydrogen-bond acceptors (Lipinski definition) is 5. The fraction of sp³-hybridized carbons (Fsp3) is 0.667. The van der Waals surface area contributed by atoms with Crippen molar-refractivity contribution in [2.24, 2.45) is 7.05 Å². The second-order valence-electron chi connectivity index (χ2n) is 6.29. The zero-order valence-corrected chi connectivity index (χ0v) is 13.8. The lowest BCUT2D eigenvalue weighted by atomic mass is 9.79. The van der Waals surface area contributed by atoms with E-state index in [2.05, 4.69) is 20.6 Å². The van der Waals surface area contributed by atoms with Crippen LogP contribution in [0, 0.1) is 0 Å². The maximum absolute atomic E-state index is 15.0. The van der Waals surface area contributed by atoms with Gasteiger partial charge in [-0.3, -0.25) is 9.25 Å². The standard InChI is InChI=1S/C15H22F2N6O/c1-3-23-12(15(16,17)14(24)7-5-4-6-8-14)20-21-13(23)19-11-9-18-22(2)10-11/h9-10,24H,3-8H2,1-2H3,(H,19,21). The summed E-state index contributed by atoms with van der Waals surface area (Å²) in [5.74, 6) is -3.74. The Labute approximate surface area is 138 Å². The molecule has 132 valence electrons. The zero-order chi connectivity index (χ0) is 17.4. The molecule has 0 aromatic carbocycles. The average Bonchev–Trinajstić information content (AvgIpc) is 3.14. The van der Waals surface area contributed by atoms with Gasteiger partial charge in [-0.15, -0.1) is 10.2 Å². The third-order valence-electron chi connectivity index (χ3n) is 4.57. The molecule has 0 radical (unpaired) electrons. The van der Waals surface area contributed by atoms with Gasteiger partial charge in [0, 0.05) is 19.8 Å². The second kappa shape index (κ2) is 6.12. The number of hydrogen-bond donors (Lipinski definition) is 2. The van der Waals surface area contributed by atoms with Crippen molar-refractivity contribution in [3.05, 3.63) is 18.2 Å². The smallest absolute Gasteiger partial charge is 0.334 e. The van der Waals surface area contributed by atoms with Crippen molar-refractivity contribution in [3.8, 4) is 0 Å². The zero-order valence-electron chi connectivity index (χ0n) is 13.8. The highest BCUT2D eigenvalue weighted by Crippen LogP contribution is 2.46. The van der Waals surface area contributed by atoms with Gasteiger partial charge in [0.1, 0.15) is 5.60 Å². The normalized spacial score (nSPS) is 17.9. The molecule has 1 aliphatic rings. The Morgan fingerprint density at radius 1 is 1.29 bits per heavy atom. The maximum Gasteiger partial charge on any atom is 0.334 e. The van der Waals surface area contributed by atoms with Gasteiger partial charge >= 0.3 is 5.92 Å². The van der Waals surface area contributed by atoms with Gasteiger partial charge in [-0.1, -0.05) is 19.3 Å². The van der Waals surface area contributed by atoms with Crippen LogP contribution in [0.2, 0.25) is 0 Å². The van der Waals surface area contributed by atoms with Crippen LogP contribution in [0.25, 0.3) is 0 Å². The van der Waals surface area contributed by atoms with E-state index in [1.54, 1.807) is 31.0 Å². The van der Waals surface area contributed by atoms with Gasteiger partial charge in [0.15, 0.2) is 0 Å². The first-order chi connectivity index (χ1) is 11.4. The Bertz CT molecular complexity index is 705. The van der Waals surface area contributed by atoms with Crippen molar-refractivity contribution in [2.45, 2.75) is 57.1 Å². The van der Waals surface area contributed by atoms with Crippen LogP contribution in [0.5, 0.6) is 0 Å². The third kappa shape index (κ3) is 2.77. The molecule has 0 bridgehead atoms. The molecule has 7 nitrogen and oxygen atoms in total. The third-order valence-corrected chi connectivity index (χ3v) is 4.57. The van der Waals surface area contributed by atoms with Gasteiger partial charge in [0.05, 0.1) is 11.9 Å². The molecule has 0 unspecified atom stereocenters. The summed E-state index contributed by atoms with van der Waals surface area (Å²) < 4.78 is 32.9. The Balaban J connectivity index is 1.93. The number of anilines is 2. The van der Waals surface area contributed by atoms with Crippen LogP contribution in [0.4, 0.5) is 20.4 Å². The Morgan fingerprint density at radius 2 is 2.00 bits per heavy atom. The Hall–Kier alpha value is -2.03. The highest BCUT2D eigenvalue weighted by Gasteiger charge is 2.57. The summed E-state index contributed by atoms with van der Waals surface area (Å²) in [5, 5.41) is 25.0. The topological polar surface area (TPSA) is 80.8 Å². The molecular weight excluding hydrogens is 318 g/mol. The average molecular weight is 340 g/mol. The molecule has 3 rings (SSSR count). The molecule has 2 aromatic rings. The van der Waals surface area contributed by atoms with Crippen LogP contribution in [-0.4, -0.2) is 35.3 Å². The molecule has 2 heterocycles. The Morgan fingerprint density at radius 3 is 2.58 bits per heavy atom. The number of halogens is 2. The first-order valence-electron chi connectivity index (χ1n) is 8.17. The number of nitrogens with one attached hydrogen (secondary N) is 1. The van der Waals surface area contributed by atoms with E-state index in [4.69, 9.17) is 0 Å². The molecule has 2 aromatic heterocycles. The summed E-state index contributed by atoms with van der Waals surface area (Å²) in [7, 11) is 1.76. The van der Waals surface area contributed by atoms with Crippen LogP contribution in [0.3, 0.4) is 0 Å². The van der Waals surface area contributed by atoms with Crippen molar-refractivity contribution >= 4 is 11.6 Å². The minimum atomic E-state index is -3.45. The van der Waals surface area contributed by atoms with E-state index in [1.807, 2.05) is 0 Å². The molecule has 0 aliphatic heterocycles. The highest BCUT2D eigenvalue weighted by atomic mass is 19.3. The molecular formula is C15H22F2N6O. The number of aryl methyl sites for hydroxylation is 1. The number of aliphatic hydroxyl groups is 1. The number of alkyl halides is 2. The molecule has 0 spiro atoms. The van der Waals surface area contributed by atoms with Gasteiger partial charge in [-0.25, -0.2) is 0 Å². The minimum Gasteiger partial charge on any atom is -0.383 e. The maximum atomic E-state index is 15.0. The molecule has 2 N–H and O–H groups in total. The fourth-order valence-electron chi connectivity index (χ4n) is 3.20. The van der Waals surface area contributed by atoms with E-state index in [0.717, 1.165) is 6.42 Å². The summed E-state index contributed by atoms with van der Waals surface area (Å²) in [6.07, 6.45) is 5.47. The summed E-state index contributed by atoms with van der Waals surface area (Å²) in [6.45, 7) is 2.00. The molecule has 1 aliphatic carbocycles.